The van der Waals surface area contributed by atoms with E-state index in [9.17, 15) is 4.79 Å². The molecule has 0 heterocycles. The SMILES string of the molecule is C/C=C\c1ccc(C(=O)O)cc1C.CCCC. The molecule has 2 nitrogen and oxygen atoms in total. The van der Waals surface area contributed by atoms with Crippen molar-refractivity contribution in [3.63, 3.8) is 0 Å². The largest absolute Gasteiger partial charge is 0.478 e. The summed E-state index contributed by atoms with van der Waals surface area (Å²) in [7, 11) is 0. The molecule has 2 heteroatoms. The van der Waals surface area contributed by atoms with E-state index in [1.54, 1.807) is 12.1 Å². The van der Waals surface area contributed by atoms with Crippen LogP contribution in [0, 0.1) is 6.92 Å². The van der Waals surface area contributed by atoms with Crippen molar-refractivity contribution in [3.05, 3.63) is 41.0 Å². The fourth-order valence-electron chi connectivity index (χ4n) is 1.18. The van der Waals surface area contributed by atoms with E-state index < -0.39 is 5.97 Å². The molecule has 0 saturated carbocycles. The summed E-state index contributed by atoms with van der Waals surface area (Å²) in [6, 6.07) is 5.11. The summed E-state index contributed by atoms with van der Waals surface area (Å²) in [4.78, 5) is 10.6. The van der Waals surface area contributed by atoms with Crippen molar-refractivity contribution in [3.8, 4) is 0 Å². The molecule has 0 aliphatic carbocycles. The van der Waals surface area contributed by atoms with Crippen molar-refractivity contribution >= 4 is 12.0 Å². The van der Waals surface area contributed by atoms with Gasteiger partial charge in [-0.2, -0.15) is 0 Å². The standard InChI is InChI=1S/C11H12O2.C4H10/c1-3-4-9-5-6-10(11(12)13)7-8(9)2;1-3-4-2/h3-7H,1-2H3,(H,12,13);3-4H2,1-2H3/b4-3-;. The third-order valence-electron chi connectivity index (χ3n) is 2.36. The number of carboxylic acids is 1. The van der Waals surface area contributed by atoms with Gasteiger partial charge in [-0.05, 0) is 37.1 Å². The van der Waals surface area contributed by atoms with E-state index in [0.717, 1.165) is 11.1 Å². The van der Waals surface area contributed by atoms with Gasteiger partial charge in [-0.1, -0.05) is 44.9 Å². The van der Waals surface area contributed by atoms with E-state index >= 15 is 0 Å². The zero-order valence-electron chi connectivity index (χ0n) is 11.2. The number of hydrogen-bond donors (Lipinski definition) is 1. The van der Waals surface area contributed by atoms with Crippen LogP contribution in [0.2, 0.25) is 0 Å². The van der Waals surface area contributed by atoms with Crippen LogP contribution < -0.4 is 0 Å². The number of rotatable bonds is 3. The lowest BCUT2D eigenvalue weighted by Gasteiger charge is -2.01. The molecule has 0 atom stereocenters. The summed E-state index contributed by atoms with van der Waals surface area (Å²) in [5.41, 5.74) is 2.39. The second-order valence-electron chi connectivity index (χ2n) is 3.88. The molecular formula is C15H22O2. The highest BCUT2D eigenvalue weighted by molar-refractivity contribution is 5.88. The van der Waals surface area contributed by atoms with Crippen LogP contribution in [0.4, 0.5) is 0 Å². The van der Waals surface area contributed by atoms with Gasteiger partial charge in [0.25, 0.3) is 0 Å². The minimum atomic E-state index is -0.880. The Morgan fingerprint density at radius 3 is 2.24 bits per heavy atom. The smallest absolute Gasteiger partial charge is 0.335 e. The van der Waals surface area contributed by atoms with Crippen molar-refractivity contribution in [1.29, 1.82) is 0 Å². The predicted octanol–water partition coefficient (Wildman–Crippen LogP) is 4.53. The number of aryl methyl sites for hydroxylation is 1. The summed E-state index contributed by atoms with van der Waals surface area (Å²) >= 11 is 0. The molecule has 1 aromatic rings. The molecule has 1 N–H and O–H groups in total. The summed E-state index contributed by atoms with van der Waals surface area (Å²) in [5, 5.41) is 8.71. The molecule has 1 rings (SSSR count). The first kappa shape index (κ1) is 15.4. The van der Waals surface area contributed by atoms with Crippen LogP contribution in [0.15, 0.2) is 24.3 Å². The number of carbonyl (C=O) groups is 1. The van der Waals surface area contributed by atoms with E-state index in [1.807, 2.05) is 32.1 Å². The monoisotopic (exact) mass is 234 g/mol. The molecule has 1 aromatic carbocycles. The van der Waals surface area contributed by atoms with Gasteiger partial charge in [-0.25, -0.2) is 4.79 Å². The first-order valence-electron chi connectivity index (χ1n) is 6.03. The average Bonchev–Trinajstić information content (AvgIpc) is 2.32. The second kappa shape index (κ2) is 8.57. The molecule has 0 amide bonds. The second-order valence-corrected chi connectivity index (χ2v) is 3.88. The van der Waals surface area contributed by atoms with Crippen LogP contribution in [-0.4, -0.2) is 11.1 Å². The highest BCUT2D eigenvalue weighted by Crippen LogP contribution is 2.12. The third kappa shape index (κ3) is 5.91. The van der Waals surface area contributed by atoms with E-state index in [-0.39, 0.29) is 0 Å². The number of unbranched alkanes of at least 4 members (excludes halogenated alkanes) is 1. The van der Waals surface area contributed by atoms with Crippen molar-refractivity contribution in [2.45, 2.75) is 40.5 Å². The number of carboxylic acid groups (broad SMARTS) is 1. The Balaban J connectivity index is 0.000000557. The van der Waals surface area contributed by atoms with E-state index in [2.05, 4.69) is 13.8 Å². The number of aromatic carboxylic acids is 1. The van der Waals surface area contributed by atoms with Crippen LogP contribution in [0.3, 0.4) is 0 Å². The van der Waals surface area contributed by atoms with Gasteiger partial charge < -0.3 is 5.11 Å². The van der Waals surface area contributed by atoms with E-state index in [1.165, 1.54) is 12.8 Å². The molecule has 17 heavy (non-hydrogen) atoms. The molecule has 0 fully saturated rings. The van der Waals surface area contributed by atoms with Gasteiger partial charge in [0.1, 0.15) is 0 Å². The summed E-state index contributed by atoms with van der Waals surface area (Å²) in [5.74, 6) is -0.880. The van der Waals surface area contributed by atoms with Crippen molar-refractivity contribution in [2.24, 2.45) is 0 Å². The fraction of sp³-hybridized carbons (Fsp3) is 0.400. The Morgan fingerprint density at radius 2 is 1.88 bits per heavy atom. The zero-order valence-corrected chi connectivity index (χ0v) is 11.2. The molecule has 0 radical (unpaired) electrons. The van der Waals surface area contributed by atoms with E-state index in [0.29, 0.717) is 5.56 Å². The predicted molar refractivity (Wildman–Crippen MR) is 73.4 cm³/mol. The molecular weight excluding hydrogens is 212 g/mol. The molecule has 0 bridgehead atoms. The summed E-state index contributed by atoms with van der Waals surface area (Å²) in [6.45, 7) is 8.20. The Labute approximate surface area is 104 Å². The Kier molecular flexibility index (Phi) is 7.78. The molecule has 0 aliphatic heterocycles. The first-order valence-corrected chi connectivity index (χ1v) is 6.03. The lowest BCUT2D eigenvalue weighted by molar-refractivity contribution is 0.0697. The summed E-state index contributed by atoms with van der Waals surface area (Å²) in [6.07, 6.45) is 6.53. The average molecular weight is 234 g/mol. The molecule has 0 aliphatic rings. The van der Waals surface area contributed by atoms with Gasteiger partial charge in [0, 0.05) is 0 Å². The van der Waals surface area contributed by atoms with Crippen LogP contribution in [0.1, 0.15) is 55.1 Å². The highest BCUT2D eigenvalue weighted by atomic mass is 16.4. The fourth-order valence-corrected chi connectivity index (χ4v) is 1.18. The normalized spacial score (nSPS) is 9.88. The summed E-state index contributed by atoms with van der Waals surface area (Å²) < 4.78 is 0. The van der Waals surface area contributed by atoms with Gasteiger partial charge in [-0.15, -0.1) is 0 Å². The highest BCUT2D eigenvalue weighted by Gasteiger charge is 2.03. The van der Waals surface area contributed by atoms with Gasteiger partial charge in [0.2, 0.25) is 0 Å². The number of hydrogen-bond acceptors (Lipinski definition) is 1. The maximum Gasteiger partial charge on any atom is 0.335 e. The van der Waals surface area contributed by atoms with Gasteiger partial charge in [-0.3, -0.25) is 0 Å². The molecule has 0 aromatic heterocycles. The zero-order chi connectivity index (χ0) is 13.3. The van der Waals surface area contributed by atoms with Crippen molar-refractivity contribution < 1.29 is 9.90 Å². The van der Waals surface area contributed by atoms with Gasteiger partial charge >= 0.3 is 5.97 Å². The van der Waals surface area contributed by atoms with Crippen molar-refractivity contribution in [2.75, 3.05) is 0 Å². The lowest BCUT2D eigenvalue weighted by atomic mass is 10.0. The number of allylic oxidation sites excluding steroid dienone is 1. The maximum absolute atomic E-state index is 10.6. The minimum Gasteiger partial charge on any atom is -0.478 e. The molecule has 94 valence electrons. The van der Waals surface area contributed by atoms with Gasteiger partial charge in [0.15, 0.2) is 0 Å². The third-order valence-corrected chi connectivity index (χ3v) is 2.36. The Bertz CT molecular complexity index is 377. The molecule has 0 unspecified atom stereocenters. The minimum absolute atomic E-state index is 0.339. The van der Waals surface area contributed by atoms with Crippen LogP contribution in [0.5, 0.6) is 0 Å². The van der Waals surface area contributed by atoms with Crippen LogP contribution in [0.25, 0.3) is 6.08 Å². The van der Waals surface area contributed by atoms with Gasteiger partial charge in [0.05, 0.1) is 5.56 Å². The maximum atomic E-state index is 10.6. The number of benzene rings is 1. The first-order chi connectivity index (χ1) is 8.06. The Morgan fingerprint density at radius 1 is 1.29 bits per heavy atom. The van der Waals surface area contributed by atoms with Crippen molar-refractivity contribution in [1.82, 2.24) is 0 Å². The molecule has 0 saturated heterocycles. The quantitative estimate of drug-likeness (QED) is 0.834. The topological polar surface area (TPSA) is 37.3 Å². The molecule has 0 spiro atoms. The Hall–Kier alpha value is -1.57. The van der Waals surface area contributed by atoms with Crippen LogP contribution in [-0.2, 0) is 0 Å². The van der Waals surface area contributed by atoms with Crippen LogP contribution >= 0.6 is 0 Å². The lowest BCUT2D eigenvalue weighted by Crippen LogP contribution is -1.96. The van der Waals surface area contributed by atoms with E-state index in [4.69, 9.17) is 5.11 Å².